The molecular weight excluding hydrogens is 334 g/mol. The van der Waals surface area contributed by atoms with E-state index in [9.17, 15) is 0 Å². The van der Waals surface area contributed by atoms with E-state index in [0.29, 0.717) is 4.77 Å². The number of para-hydroxylation sites is 1. The Labute approximate surface area is 151 Å². The predicted octanol–water partition coefficient (Wildman–Crippen LogP) is 1.34. The van der Waals surface area contributed by atoms with E-state index < -0.39 is 0 Å². The SMILES string of the molecule is S=c1n(C[NH+]2CCOCC2)nc(-c2cccnc2)n1-c1ccccc1. The monoisotopic (exact) mass is 354 g/mol. The highest BCUT2D eigenvalue weighted by Gasteiger charge is 2.19. The summed E-state index contributed by atoms with van der Waals surface area (Å²) in [6.45, 7) is 4.27. The molecule has 0 unspecified atom stereocenters. The first-order valence-electron chi connectivity index (χ1n) is 8.40. The molecule has 0 aliphatic carbocycles. The average molecular weight is 354 g/mol. The number of morpholine rings is 1. The van der Waals surface area contributed by atoms with Crippen LogP contribution in [-0.2, 0) is 11.4 Å². The highest BCUT2D eigenvalue weighted by Crippen LogP contribution is 2.21. The zero-order valence-electron chi connectivity index (χ0n) is 13.8. The van der Waals surface area contributed by atoms with Crippen molar-refractivity contribution < 1.29 is 9.64 Å². The minimum Gasteiger partial charge on any atom is -0.370 e. The molecule has 4 rings (SSSR count). The number of benzene rings is 1. The van der Waals surface area contributed by atoms with E-state index in [0.717, 1.165) is 50.0 Å². The van der Waals surface area contributed by atoms with Crippen LogP contribution >= 0.6 is 12.2 Å². The number of nitrogens with zero attached hydrogens (tertiary/aromatic N) is 4. The first kappa shape index (κ1) is 16.1. The Morgan fingerprint density at radius 1 is 1.08 bits per heavy atom. The second-order valence-corrected chi connectivity index (χ2v) is 6.40. The molecule has 0 saturated carbocycles. The molecule has 1 N–H and O–H groups in total. The minimum absolute atomic E-state index is 0.698. The Bertz CT molecular complexity index is 885. The van der Waals surface area contributed by atoms with Crippen LogP contribution in [0.3, 0.4) is 0 Å². The maximum atomic E-state index is 5.76. The van der Waals surface area contributed by atoms with E-state index in [1.165, 1.54) is 4.90 Å². The van der Waals surface area contributed by atoms with Gasteiger partial charge in [-0.15, -0.1) is 5.10 Å². The molecule has 2 aromatic heterocycles. The van der Waals surface area contributed by atoms with Gasteiger partial charge in [0.1, 0.15) is 13.1 Å². The zero-order valence-corrected chi connectivity index (χ0v) is 14.7. The number of quaternary nitrogens is 1. The van der Waals surface area contributed by atoms with Crippen LogP contribution < -0.4 is 4.90 Å². The zero-order chi connectivity index (χ0) is 17.1. The summed E-state index contributed by atoms with van der Waals surface area (Å²) < 4.78 is 10.1. The summed E-state index contributed by atoms with van der Waals surface area (Å²) >= 11 is 5.76. The van der Waals surface area contributed by atoms with Crippen molar-refractivity contribution in [3.63, 3.8) is 0 Å². The molecule has 1 aliphatic rings. The average Bonchev–Trinajstić information content (AvgIpc) is 3.00. The lowest BCUT2D eigenvalue weighted by atomic mass is 10.2. The summed E-state index contributed by atoms with van der Waals surface area (Å²) in [5.41, 5.74) is 1.96. The third kappa shape index (κ3) is 3.39. The molecule has 7 heteroatoms. The van der Waals surface area contributed by atoms with Gasteiger partial charge in [0.15, 0.2) is 12.5 Å². The standard InChI is InChI=1S/C18H19N5OS/c25-18-22(14-21-9-11-24-12-10-21)20-17(15-5-4-8-19-13-15)23(18)16-6-2-1-3-7-16/h1-8,13H,9-12,14H2/p+1. The molecular formula is C18H20N5OS+. The van der Waals surface area contributed by atoms with Crippen LogP contribution in [0.5, 0.6) is 0 Å². The van der Waals surface area contributed by atoms with Crippen LogP contribution in [0.4, 0.5) is 0 Å². The first-order valence-corrected chi connectivity index (χ1v) is 8.81. The predicted molar refractivity (Wildman–Crippen MR) is 97.1 cm³/mol. The van der Waals surface area contributed by atoms with E-state index in [1.807, 2.05) is 57.9 Å². The molecule has 3 aromatic rings. The maximum absolute atomic E-state index is 5.76. The van der Waals surface area contributed by atoms with Crippen LogP contribution in [0, 0.1) is 4.77 Å². The second-order valence-electron chi connectivity index (χ2n) is 6.04. The summed E-state index contributed by atoms with van der Waals surface area (Å²) in [7, 11) is 0. The Morgan fingerprint density at radius 2 is 1.88 bits per heavy atom. The Morgan fingerprint density at radius 3 is 2.60 bits per heavy atom. The molecule has 0 spiro atoms. The van der Waals surface area contributed by atoms with Crippen LogP contribution in [0.1, 0.15) is 0 Å². The van der Waals surface area contributed by atoms with Gasteiger partial charge in [0, 0.05) is 23.6 Å². The molecule has 0 amide bonds. The molecule has 1 aromatic carbocycles. The molecule has 0 radical (unpaired) electrons. The van der Waals surface area contributed by atoms with Gasteiger partial charge >= 0.3 is 0 Å². The molecule has 128 valence electrons. The topological polar surface area (TPSA) is 49.3 Å². The lowest BCUT2D eigenvalue weighted by molar-refractivity contribution is -0.930. The molecule has 3 heterocycles. The van der Waals surface area contributed by atoms with E-state index in [1.54, 1.807) is 6.20 Å². The number of ether oxygens (including phenoxy) is 1. The highest BCUT2D eigenvalue weighted by molar-refractivity contribution is 7.71. The van der Waals surface area contributed by atoms with Crippen LogP contribution in [0.15, 0.2) is 54.9 Å². The summed E-state index contributed by atoms with van der Waals surface area (Å²) in [6.07, 6.45) is 3.59. The fourth-order valence-corrected chi connectivity index (χ4v) is 3.33. The van der Waals surface area contributed by atoms with Crippen molar-refractivity contribution in [3.8, 4) is 17.1 Å². The molecule has 1 fully saturated rings. The van der Waals surface area contributed by atoms with E-state index in [-0.39, 0.29) is 0 Å². The Balaban J connectivity index is 1.79. The number of hydrogen-bond acceptors (Lipinski definition) is 4. The van der Waals surface area contributed by atoms with Gasteiger partial charge in [-0.25, -0.2) is 0 Å². The molecule has 1 aliphatic heterocycles. The largest absolute Gasteiger partial charge is 0.370 e. The number of pyridine rings is 1. The van der Waals surface area contributed by atoms with Crippen molar-refractivity contribution in [1.82, 2.24) is 19.3 Å². The Kier molecular flexibility index (Phi) is 4.69. The van der Waals surface area contributed by atoms with Crippen LogP contribution in [0.2, 0.25) is 0 Å². The van der Waals surface area contributed by atoms with E-state index >= 15 is 0 Å². The van der Waals surface area contributed by atoms with Gasteiger partial charge in [0.05, 0.1) is 13.2 Å². The second kappa shape index (κ2) is 7.26. The Hall–Kier alpha value is -2.35. The summed E-state index contributed by atoms with van der Waals surface area (Å²) in [5, 5.41) is 4.82. The van der Waals surface area contributed by atoms with Gasteiger partial charge in [-0.05, 0) is 36.5 Å². The molecule has 6 nitrogen and oxygen atoms in total. The van der Waals surface area contributed by atoms with Crippen molar-refractivity contribution in [2.24, 2.45) is 0 Å². The fourth-order valence-electron chi connectivity index (χ4n) is 3.03. The van der Waals surface area contributed by atoms with Crippen molar-refractivity contribution in [3.05, 3.63) is 59.6 Å². The summed E-state index contributed by atoms with van der Waals surface area (Å²) in [6, 6.07) is 14.0. The minimum atomic E-state index is 0.698. The number of hydrogen-bond donors (Lipinski definition) is 1. The van der Waals surface area contributed by atoms with Gasteiger partial charge in [0.25, 0.3) is 0 Å². The molecule has 25 heavy (non-hydrogen) atoms. The van der Waals surface area contributed by atoms with Crippen molar-refractivity contribution in [2.45, 2.75) is 6.67 Å². The first-order chi connectivity index (χ1) is 12.3. The summed E-state index contributed by atoms with van der Waals surface area (Å²) in [5.74, 6) is 0.817. The number of rotatable bonds is 4. The third-order valence-corrected chi connectivity index (χ3v) is 4.74. The highest BCUT2D eigenvalue weighted by atomic mass is 32.1. The summed E-state index contributed by atoms with van der Waals surface area (Å²) in [4.78, 5) is 5.66. The normalized spacial score (nSPS) is 15.4. The fraction of sp³-hybridized carbons (Fsp3) is 0.278. The lowest BCUT2D eigenvalue weighted by Crippen LogP contribution is -3.13. The third-order valence-electron chi connectivity index (χ3n) is 4.35. The van der Waals surface area contributed by atoms with Crippen molar-refractivity contribution in [1.29, 1.82) is 0 Å². The van der Waals surface area contributed by atoms with Gasteiger partial charge in [-0.2, -0.15) is 4.68 Å². The quantitative estimate of drug-likeness (QED) is 0.719. The smallest absolute Gasteiger partial charge is 0.207 e. The maximum Gasteiger partial charge on any atom is 0.207 e. The van der Waals surface area contributed by atoms with Crippen LogP contribution in [0.25, 0.3) is 17.1 Å². The van der Waals surface area contributed by atoms with Gasteiger partial charge in [-0.3, -0.25) is 9.55 Å². The number of nitrogens with one attached hydrogen (secondary N) is 1. The van der Waals surface area contributed by atoms with Crippen molar-refractivity contribution >= 4 is 12.2 Å². The van der Waals surface area contributed by atoms with Gasteiger partial charge < -0.3 is 9.64 Å². The number of aromatic nitrogens is 4. The van der Waals surface area contributed by atoms with Gasteiger partial charge in [0.2, 0.25) is 4.77 Å². The van der Waals surface area contributed by atoms with E-state index in [2.05, 4.69) is 4.98 Å². The van der Waals surface area contributed by atoms with Crippen LogP contribution in [-0.4, -0.2) is 45.6 Å². The molecule has 0 bridgehead atoms. The lowest BCUT2D eigenvalue weighted by Gasteiger charge is -2.23. The van der Waals surface area contributed by atoms with Gasteiger partial charge in [-0.1, -0.05) is 18.2 Å². The van der Waals surface area contributed by atoms with E-state index in [4.69, 9.17) is 22.1 Å². The van der Waals surface area contributed by atoms with Crippen molar-refractivity contribution in [2.75, 3.05) is 26.3 Å². The molecule has 0 atom stereocenters. The molecule has 1 saturated heterocycles.